The molecule has 0 spiro atoms. The van der Waals surface area contributed by atoms with E-state index in [0.717, 1.165) is 5.56 Å². The van der Waals surface area contributed by atoms with Crippen molar-refractivity contribution in [1.29, 1.82) is 5.26 Å². The second kappa shape index (κ2) is 2.99. The van der Waals surface area contributed by atoms with Gasteiger partial charge < -0.3 is 9.47 Å². The number of hydrogen-bond donors (Lipinski definition) is 0. The first-order valence-electron chi connectivity index (χ1n) is 5.07. The van der Waals surface area contributed by atoms with Gasteiger partial charge in [-0.25, -0.2) is 0 Å². The van der Waals surface area contributed by atoms with Gasteiger partial charge in [0.2, 0.25) is 6.79 Å². The third kappa shape index (κ3) is 1.12. The normalized spacial score (nSPS) is 20.1. The number of hydrogen-bond acceptors (Lipinski definition) is 4. The quantitative estimate of drug-likeness (QED) is 0.713. The van der Waals surface area contributed by atoms with Gasteiger partial charge >= 0.3 is 0 Å². The first-order valence-corrected chi connectivity index (χ1v) is 5.07. The fourth-order valence-electron chi connectivity index (χ4n) is 2.16. The Bertz CT molecular complexity index is 507. The van der Waals surface area contributed by atoms with Crippen molar-refractivity contribution in [2.45, 2.75) is 18.3 Å². The number of nitriles is 1. The van der Waals surface area contributed by atoms with Crippen molar-refractivity contribution < 1.29 is 14.3 Å². The van der Waals surface area contributed by atoms with Crippen LogP contribution in [0.4, 0.5) is 0 Å². The topological polar surface area (TPSA) is 59.3 Å². The van der Waals surface area contributed by atoms with E-state index >= 15 is 0 Å². The minimum Gasteiger partial charge on any atom is -0.454 e. The monoisotopic (exact) mass is 215 g/mol. The zero-order chi connectivity index (χ0) is 11.2. The van der Waals surface area contributed by atoms with Gasteiger partial charge in [-0.3, -0.25) is 4.79 Å². The van der Waals surface area contributed by atoms with Crippen molar-refractivity contribution in [2.24, 2.45) is 0 Å². The Morgan fingerprint density at radius 1 is 1.25 bits per heavy atom. The van der Waals surface area contributed by atoms with Crippen LogP contribution in [0.25, 0.3) is 0 Å². The van der Waals surface area contributed by atoms with Gasteiger partial charge in [-0.2, -0.15) is 5.26 Å². The van der Waals surface area contributed by atoms with E-state index in [4.69, 9.17) is 9.47 Å². The van der Waals surface area contributed by atoms with Crippen LogP contribution in [0.5, 0.6) is 11.5 Å². The first-order chi connectivity index (χ1) is 7.73. The molecule has 0 N–H and O–H groups in total. The van der Waals surface area contributed by atoms with Crippen molar-refractivity contribution in [3.05, 3.63) is 23.8 Å². The number of ketones is 1. The van der Waals surface area contributed by atoms with Crippen LogP contribution in [-0.2, 0) is 10.2 Å². The van der Waals surface area contributed by atoms with Gasteiger partial charge in [-0.15, -0.1) is 0 Å². The largest absolute Gasteiger partial charge is 0.454 e. The van der Waals surface area contributed by atoms with Crippen molar-refractivity contribution in [2.75, 3.05) is 6.79 Å². The molecule has 1 saturated carbocycles. The van der Waals surface area contributed by atoms with E-state index in [1.807, 2.05) is 6.07 Å². The molecule has 1 aromatic rings. The maximum atomic E-state index is 11.1. The Balaban J connectivity index is 2.01. The molecule has 80 valence electrons. The van der Waals surface area contributed by atoms with Crippen LogP contribution >= 0.6 is 0 Å². The zero-order valence-electron chi connectivity index (χ0n) is 8.53. The van der Waals surface area contributed by atoms with Gasteiger partial charge in [0, 0.05) is 12.8 Å². The fraction of sp³-hybridized carbons (Fsp3) is 0.333. The van der Waals surface area contributed by atoms with Gasteiger partial charge in [0.15, 0.2) is 11.5 Å². The van der Waals surface area contributed by atoms with Crippen molar-refractivity contribution in [3.63, 3.8) is 0 Å². The highest BCUT2D eigenvalue weighted by Crippen LogP contribution is 2.44. The molecular weight excluding hydrogens is 206 g/mol. The summed E-state index contributed by atoms with van der Waals surface area (Å²) in [7, 11) is 0. The number of carbonyl (C=O) groups is 1. The molecule has 3 rings (SSSR count). The molecule has 0 atom stereocenters. The van der Waals surface area contributed by atoms with Crippen molar-refractivity contribution >= 4 is 5.78 Å². The van der Waals surface area contributed by atoms with E-state index in [1.54, 1.807) is 12.1 Å². The lowest BCUT2D eigenvalue weighted by atomic mass is 9.65. The standard InChI is InChI=1S/C12H9NO3/c13-6-12(4-9(14)5-12)8-1-2-10-11(3-8)16-7-15-10/h1-3H,4-5,7H2. The smallest absolute Gasteiger partial charge is 0.231 e. The highest BCUT2D eigenvalue weighted by atomic mass is 16.7. The Morgan fingerprint density at radius 3 is 2.69 bits per heavy atom. The van der Waals surface area contributed by atoms with Crippen LogP contribution in [0.15, 0.2) is 18.2 Å². The summed E-state index contributed by atoms with van der Waals surface area (Å²) in [6.07, 6.45) is 0.617. The van der Waals surface area contributed by atoms with Crippen LogP contribution in [0.3, 0.4) is 0 Å². The summed E-state index contributed by atoms with van der Waals surface area (Å²) in [6, 6.07) is 7.67. The molecule has 4 heteroatoms. The molecule has 0 amide bonds. The molecule has 0 unspecified atom stereocenters. The maximum absolute atomic E-state index is 11.1. The van der Waals surface area contributed by atoms with E-state index in [2.05, 4.69) is 6.07 Å². The third-order valence-electron chi connectivity index (χ3n) is 3.14. The second-order valence-electron chi connectivity index (χ2n) is 4.15. The number of ether oxygens (including phenoxy) is 2. The molecule has 1 aromatic carbocycles. The third-order valence-corrected chi connectivity index (χ3v) is 3.14. The van der Waals surface area contributed by atoms with Crippen molar-refractivity contribution in [3.8, 4) is 17.6 Å². The number of nitrogens with zero attached hydrogens (tertiary/aromatic N) is 1. The van der Waals surface area contributed by atoms with Gasteiger partial charge in [-0.05, 0) is 17.7 Å². The predicted molar refractivity (Wildman–Crippen MR) is 54.1 cm³/mol. The lowest BCUT2D eigenvalue weighted by molar-refractivity contribution is -0.126. The highest BCUT2D eigenvalue weighted by molar-refractivity contribution is 5.90. The summed E-state index contributed by atoms with van der Waals surface area (Å²) in [4.78, 5) is 11.1. The molecule has 1 aliphatic carbocycles. The molecule has 4 nitrogen and oxygen atoms in total. The minimum atomic E-state index is -0.641. The molecule has 1 aliphatic heterocycles. The van der Waals surface area contributed by atoms with E-state index < -0.39 is 5.41 Å². The number of carbonyl (C=O) groups excluding carboxylic acids is 1. The number of Topliss-reactive ketones (excluding diaryl/α,β-unsaturated/α-hetero) is 1. The lowest BCUT2D eigenvalue weighted by Crippen LogP contribution is -2.40. The number of rotatable bonds is 1. The summed E-state index contributed by atoms with van der Waals surface area (Å²) in [5.41, 5.74) is 0.205. The van der Waals surface area contributed by atoms with Crippen molar-refractivity contribution in [1.82, 2.24) is 0 Å². The molecule has 0 radical (unpaired) electrons. The van der Waals surface area contributed by atoms with Gasteiger partial charge in [0.1, 0.15) is 5.78 Å². The minimum absolute atomic E-state index is 0.138. The van der Waals surface area contributed by atoms with Gasteiger partial charge in [0.25, 0.3) is 0 Å². The summed E-state index contributed by atoms with van der Waals surface area (Å²) in [5.74, 6) is 1.49. The summed E-state index contributed by atoms with van der Waals surface area (Å²) < 4.78 is 10.5. The Labute approximate surface area is 92.4 Å². The van der Waals surface area contributed by atoms with E-state index in [-0.39, 0.29) is 12.6 Å². The summed E-state index contributed by atoms with van der Waals surface area (Å²) in [6.45, 7) is 0.220. The molecule has 1 fully saturated rings. The average molecular weight is 215 g/mol. The second-order valence-corrected chi connectivity index (χ2v) is 4.15. The lowest BCUT2D eigenvalue weighted by Gasteiger charge is -2.34. The van der Waals surface area contributed by atoms with Crippen LogP contribution in [0.1, 0.15) is 18.4 Å². The van der Waals surface area contributed by atoms with E-state index in [0.29, 0.717) is 24.3 Å². The molecule has 1 heterocycles. The van der Waals surface area contributed by atoms with Crippen LogP contribution in [-0.4, -0.2) is 12.6 Å². The molecule has 0 bridgehead atoms. The zero-order valence-corrected chi connectivity index (χ0v) is 8.53. The Kier molecular flexibility index (Phi) is 1.72. The average Bonchev–Trinajstić information content (AvgIpc) is 2.71. The van der Waals surface area contributed by atoms with E-state index in [9.17, 15) is 10.1 Å². The van der Waals surface area contributed by atoms with Gasteiger partial charge in [-0.1, -0.05) is 6.07 Å². The Hall–Kier alpha value is -2.02. The summed E-state index contributed by atoms with van der Waals surface area (Å²) in [5, 5.41) is 9.18. The molecule has 0 saturated heterocycles. The molecule has 2 aliphatic rings. The first kappa shape index (κ1) is 9.22. The summed E-state index contributed by atoms with van der Waals surface area (Å²) >= 11 is 0. The SMILES string of the molecule is N#CC1(c2ccc3c(c2)OCO3)CC(=O)C1. The highest BCUT2D eigenvalue weighted by Gasteiger charge is 2.45. The van der Waals surface area contributed by atoms with Crippen LogP contribution in [0.2, 0.25) is 0 Å². The molecule has 16 heavy (non-hydrogen) atoms. The number of fused-ring (bicyclic) bond motifs is 1. The van der Waals surface area contributed by atoms with Crippen LogP contribution in [0, 0.1) is 11.3 Å². The maximum Gasteiger partial charge on any atom is 0.231 e. The fourth-order valence-corrected chi connectivity index (χ4v) is 2.16. The predicted octanol–water partition coefficient (Wildman–Crippen LogP) is 1.54. The molecule has 0 aromatic heterocycles. The molecular formula is C12H9NO3. The number of benzene rings is 1. The van der Waals surface area contributed by atoms with Gasteiger partial charge in [0.05, 0.1) is 11.5 Å². The van der Waals surface area contributed by atoms with Crippen LogP contribution < -0.4 is 9.47 Å². The van der Waals surface area contributed by atoms with E-state index in [1.165, 1.54) is 0 Å². The Morgan fingerprint density at radius 2 is 2.00 bits per heavy atom.